The molecule has 3 aromatic heterocycles. The Kier molecular flexibility index (Phi) is 3.42. The topological polar surface area (TPSA) is 110 Å². The zero-order valence-corrected chi connectivity index (χ0v) is 11.2. The molecular formula is C13H12N6O2. The molecule has 0 saturated carbocycles. The summed E-state index contributed by atoms with van der Waals surface area (Å²) in [5.74, 6) is 0.919. The Morgan fingerprint density at radius 2 is 2.19 bits per heavy atom. The maximum absolute atomic E-state index is 11.8. The summed E-state index contributed by atoms with van der Waals surface area (Å²) in [4.78, 5) is 20.0. The lowest BCUT2D eigenvalue weighted by molar-refractivity contribution is 0.0913. The lowest BCUT2D eigenvalue weighted by Crippen LogP contribution is -2.22. The average molecular weight is 284 g/mol. The summed E-state index contributed by atoms with van der Waals surface area (Å²) >= 11 is 0. The van der Waals surface area contributed by atoms with E-state index >= 15 is 0 Å². The minimum absolute atomic E-state index is 0.168. The third-order valence-corrected chi connectivity index (χ3v) is 2.74. The second-order valence-electron chi connectivity index (χ2n) is 4.36. The number of aromatic nitrogens is 5. The number of hydrogen-bond acceptors (Lipinski definition) is 6. The van der Waals surface area contributed by atoms with Crippen LogP contribution in [-0.2, 0) is 6.54 Å². The molecule has 21 heavy (non-hydrogen) atoms. The van der Waals surface area contributed by atoms with Crippen LogP contribution in [0.5, 0.6) is 0 Å². The van der Waals surface area contributed by atoms with E-state index in [1.807, 2.05) is 12.1 Å². The molecule has 3 rings (SSSR count). The SMILES string of the molecule is Cc1cc(C(=O)NCc2nc(-c3ccncc3)n[nH]2)on1. The Bertz CT molecular complexity index is 749. The zero-order chi connectivity index (χ0) is 14.7. The minimum Gasteiger partial charge on any atom is -0.351 e. The van der Waals surface area contributed by atoms with Crippen molar-refractivity contribution in [1.29, 1.82) is 0 Å². The summed E-state index contributed by atoms with van der Waals surface area (Å²) in [5, 5.41) is 13.2. The van der Waals surface area contributed by atoms with Gasteiger partial charge in [0.05, 0.1) is 12.2 Å². The minimum atomic E-state index is -0.350. The Hall–Kier alpha value is -3.03. The molecule has 0 aliphatic carbocycles. The highest BCUT2D eigenvalue weighted by molar-refractivity contribution is 5.91. The van der Waals surface area contributed by atoms with Gasteiger partial charge >= 0.3 is 0 Å². The lowest BCUT2D eigenvalue weighted by atomic mass is 10.2. The van der Waals surface area contributed by atoms with Crippen LogP contribution in [-0.4, -0.2) is 31.2 Å². The number of rotatable bonds is 4. The van der Waals surface area contributed by atoms with Crippen molar-refractivity contribution in [2.75, 3.05) is 0 Å². The second-order valence-corrected chi connectivity index (χ2v) is 4.36. The highest BCUT2D eigenvalue weighted by Gasteiger charge is 2.12. The number of carbonyl (C=O) groups excluding carboxylic acids is 1. The van der Waals surface area contributed by atoms with E-state index < -0.39 is 0 Å². The molecule has 0 fully saturated rings. The monoisotopic (exact) mass is 284 g/mol. The van der Waals surface area contributed by atoms with Crippen LogP contribution in [0, 0.1) is 6.92 Å². The normalized spacial score (nSPS) is 10.5. The predicted molar refractivity (Wildman–Crippen MR) is 72.0 cm³/mol. The first-order chi connectivity index (χ1) is 10.2. The van der Waals surface area contributed by atoms with Crippen molar-refractivity contribution in [1.82, 2.24) is 30.6 Å². The van der Waals surface area contributed by atoms with Crippen molar-refractivity contribution in [3.05, 3.63) is 47.9 Å². The van der Waals surface area contributed by atoms with Gasteiger partial charge in [0.2, 0.25) is 5.76 Å². The van der Waals surface area contributed by atoms with Gasteiger partial charge < -0.3 is 9.84 Å². The molecule has 8 heteroatoms. The van der Waals surface area contributed by atoms with Gasteiger partial charge in [-0.25, -0.2) is 4.98 Å². The standard InChI is InChI=1S/C13H12N6O2/c1-8-6-10(21-19-8)13(20)15-7-11-16-12(18-17-11)9-2-4-14-5-3-9/h2-6H,7H2,1H3,(H,15,20)(H,16,17,18). The third kappa shape index (κ3) is 2.94. The maximum Gasteiger partial charge on any atom is 0.290 e. The van der Waals surface area contributed by atoms with Crippen LogP contribution in [0.1, 0.15) is 22.1 Å². The quantitative estimate of drug-likeness (QED) is 0.742. The van der Waals surface area contributed by atoms with Gasteiger partial charge in [0.1, 0.15) is 5.82 Å². The molecule has 0 unspecified atom stereocenters. The van der Waals surface area contributed by atoms with Crippen LogP contribution in [0.3, 0.4) is 0 Å². The van der Waals surface area contributed by atoms with E-state index in [4.69, 9.17) is 4.52 Å². The molecule has 0 aromatic carbocycles. The number of nitrogens with zero attached hydrogens (tertiary/aromatic N) is 4. The fourth-order valence-corrected chi connectivity index (χ4v) is 1.73. The summed E-state index contributed by atoms with van der Waals surface area (Å²) < 4.78 is 4.87. The molecule has 0 spiro atoms. The number of carbonyl (C=O) groups is 1. The van der Waals surface area contributed by atoms with Gasteiger partial charge in [0, 0.05) is 24.0 Å². The fraction of sp³-hybridized carbons (Fsp3) is 0.154. The van der Waals surface area contributed by atoms with E-state index in [1.165, 1.54) is 0 Å². The fourth-order valence-electron chi connectivity index (χ4n) is 1.73. The van der Waals surface area contributed by atoms with Crippen molar-refractivity contribution in [3.8, 4) is 11.4 Å². The number of amides is 1. The highest BCUT2D eigenvalue weighted by Crippen LogP contribution is 2.12. The third-order valence-electron chi connectivity index (χ3n) is 2.74. The van der Waals surface area contributed by atoms with Gasteiger partial charge in [-0.3, -0.25) is 14.9 Å². The maximum atomic E-state index is 11.8. The molecule has 8 nitrogen and oxygen atoms in total. The first-order valence-electron chi connectivity index (χ1n) is 6.25. The van der Waals surface area contributed by atoms with Crippen LogP contribution in [0.4, 0.5) is 0 Å². The molecule has 1 amide bonds. The molecule has 0 saturated heterocycles. The number of hydrogen-bond donors (Lipinski definition) is 2. The van der Waals surface area contributed by atoms with Crippen LogP contribution in [0.2, 0.25) is 0 Å². The molecule has 2 N–H and O–H groups in total. The molecule has 0 aliphatic heterocycles. The summed E-state index contributed by atoms with van der Waals surface area (Å²) in [6.07, 6.45) is 3.33. The molecule has 106 valence electrons. The number of aryl methyl sites for hydroxylation is 1. The van der Waals surface area contributed by atoms with Crippen molar-refractivity contribution in [2.45, 2.75) is 13.5 Å². The summed E-state index contributed by atoms with van der Waals surface area (Å²) in [5.41, 5.74) is 1.50. The van der Waals surface area contributed by atoms with Crippen LogP contribution in [0.15, 0.2) is 35.1 Å². The van der Waals surface area contributed by atoms with E-state index in [2.05, 4.69) is 30.6 Å². The summed E-state index contributed by atoms with van der Waals surface area (Å²) in [6, 6.07) is 5.18. The Labute approximate surface area is 119 Å². The Balaban J connectivity index is 1.64. The van der Waals surface area contributed by atoms with E-state index in [1.54, 1.807) is 25.4 Å². The summed E-state index contributed by atoms with van der Waals surface area (Å²) in [7, 11) is 0. The molecule has 0 bridgehead atoms. The van der Waals surface area contributed by atoms with E-state index in [-0.39, 0.29) is 18.2 Å². The van der Waals surface area contributed by atoms with Gasteiger partial charge in [-0.1, -0.05) is 5.16 Å². The molecule has 0 radical (unpaired) electrons. The van der Waals surface area contributed by atoms with E-state index in [9.17, 15) is 4.79 Å². The molecule has 0 atom stereocenters. The van der Waals surface area contributed by atoms with Crippen molar-refractivity contribution >= 4 is 5.91 Å². The van der Waals surface area contributed by atoms with Gasteiger partial charge in [0.25, 0.3) is 5.91 Å². The predicted octanol–water partition coefficient (Wildman–Crippen LogP) is 1.09. The van der Waals surface area contributed by atoms with Gasteiger partial charge in [-0.05, 0) is 19.1 Å². The first kappa shape index (κ1) is 13.0. The van der Waals surface area contributed by atoms with E-state index in [0.29, 0.717) is 17.3 Å². The first-order valence-corrected chi connectivity index (χ1v) is 6.25. The van der Waals surface area contributed by atoms with Crippen LogP contribution in [0.25, 0.3) is 11.4 Å². The number of H-pyrrole nitrogens is 1. The van der Waals surface area contributed by atoms with Crippen molar-refractivity contribution in [2.24, 2.45) is 0 Å². The number of pyridine rings is 1. The Morgan fingerprint density at radius 3 is 2.90 bits per heavy atom. The second kappa shape index (κ2) is 5.53. The zero-order valence-electron chi connectivity index (χ0n) is 11.2. The molecular weight excluding hydrogens is 272 g/mol. The van der Waals surface area contributed by atoms with Gasteiger partial charge in [-0.15, -0.1) is 0 Å². The van der Waals surface area contributed by atoms with Crippen LogP contribution >= 0.6 is 0 Å². The molecule has 0 aliphatic rings. The molecule has 3 heterocycles. The largest absolute Gasteiger partial charge is 0.351 e. The van der Waals surface area contributed by atoms with E-state index in [0.717, 1.165) is 5.56 Å². The Morgan fingerprint density at radius 1 is 1.38 bits per heavy atom. The van der Waals surface area contributed by atoms with Crippen molar-refractivity contribution < 1.29 is 9.32 Å². The summed E-state index contributed by atoms with van der Waals surface area (Å²) in [6.45, 7) is 1.97. The number of nitrogens with one attached hydrogen (secondary N) is 2. The lowest BCUT2D eigenvalue weighted by Gasteiger charge is -1.98. The number of aromatic amines is 1. The van der Waals surface area contributed by atoms with Crippen molar-refractivity contribution in [3.63, 3.8) is 0 Å². The molecule has 3 aromatic rings. The van der Waals surface area contributed by atoms with Crippen LogP contribution < -0.4 is 5.32 Å². The van der Waals surface area contributed by atoms with Gasteiger partial charge in [0.15, 0.2) is 5.82 Å². The smallest absolute Gasteiger partial charge is 0.290 e. The highest BCUT2D eigenvalue weighted by atomic mass is 16.5. The van der Waals surface area contributed by atoms with Gasteiger partial charge in [-0.2, -0.15) is 5.10 Å². The average Bonchev–Trinajstić information content (AvgIpc) is 3.15.